The van der Waals surface area contributed by atoms with Gasteiger partial charge < -0.3 is 19.3 Å². The molecule has 1 atom stereocenters. The largest absolute Gasteiger partial charge is 0.493 e. The van der Waals surface area contributed by atoms with E-state index in [4.69, 9.17) is 14.2 Å². The van der Waals surface area contributed by atoms with Crippen LogP contribution >= 0.6 is 0 Å². The monoisotopic (exact) mass is 402 g/mol. The second kappa shape index (κ2) is 9.44. The molecule has 0 radical (unpaired) electrons. The van der Waals surface area contributed by atoms with Gasteiger partial charge in [-0.3, -0.25) is 9.59 Å². The molecule has 1 aromatic rings. The van der Waals surface area contributed by atoms with Crippen LogP contribution in [0.1, 0.15) is 57.4 Å². The molecule has 6 heteroatoms. The van der Waals surface area contributed by atoms with Crippen molar-refractivity contribution in [1.29, 1.82) is 0 Å². The Morgan fingerprint density at radius 1 is 1.17 bits per heavy atom. The highest BCUT2D eigenvalue weighted by atomic mass is 16.7. The van der Waals surface area contributed by atoms with Gasteiger partial charge in [0.05, 0.1) is 19.1 Å². The Hall–Kier alpha value is -2.34. The van der Waals surface area contributed by atoms with Crippen LogP contribution in [0.4, 0.5) is 0 Å². The van der Waals surface area contributed by atoms with Crippen molar-refractivity contribution in [2.45, 2.75) is 58.2 Å². The summed E-state index contributed by atoms with van der Waals surface area (Å²) in [5.74, 6) is 0.401. The lowest BCUT2D eigenvalue weighted by Gasteiger charge is -2.32. The minimum atomic E-state index is -0.771. The van der Waals surface area contributed by atoms with Gasteiger partial charge in [-0.15, -0.1) is 0 Å². The molecule has 1 unspecified atom stereocenters. The molecule has 29 heavy (non-hydrogen) atoms. The van der Waals surface area contributed by atoms with Crippen molar-refractivity contribution in [3.63, 3.8) is 0 Å². The molecular weight excluding hydrogens is 372 g/mol. The highest BCUT2D eigenvalue weighted by molar-refractivity contribution is 5.95. The lowest BCUT2D eigenvalue weighted by atomic mass is 9.71. The molecule has 0 aromatic heterocycles. The molecule has 6 nitrogen and oxygen atoms in total. The summed E-state index contributed by atoms with van der Waals surface area (Å²) in [5.41, 5.74) is 0.143. The number of methoxy groups -OCH3 is 1. The van der Waals surface area contributed by atoms with Crippen molar-refractivity contribution in [3.8, 4) is 11.5 Å². The third-order valence-electron chi connectivity index (χ3n) is 6.03. The smallest absolute Gasteiger partial charge is 0.309 e. The third kappa shape index (κ3) is 5.38. The number of aliphatic carboxylic acids is 1. The molecule has 2 aliphatic rings. The molecule has 0 bridgehead atoms. The summed E-state index contributed by atoms with van der Waals surface area (Å²) < 4.78 is 17.0. The first kappa shape index (κ1) is 21.4. The van der Waals surface area contributed by atoms with Gasteiger partial charge in [0.1, 0.15) is 0 Å². The van der Waals surface area contributed by atoms with Crippen molar-refractivity contribution in [3.05, 3.63) is 29.8 Å². The fraction of sp³-hybridized carbons (Fsp3) is 0.565. The fourth-order valence-corrected chi connectivity index (χ4v) is 3.90. The Morgan fingerprint density at radius 2 is 1.93 bits per heavy atom. The average Bonchev–Trinajstić information content (AvgIpc) is 2.74. The van der Waals surface area contributed by atoms with E-state index in [1.807, 2.05) is 18.2 Å². The molecule has 1 aliphatic heterocycles. The van der Waals surface area contributed by atoms with E-state index in [-0.39, 0.29) is 18.0 Å². The summed E-state index contributed by atoms with van der Waals surface area (Å²) in [5, 5.41) is 9.32. The summed E-state index contributed by atoms with van der Waals surface area (Å²) in [6.07, 6.45) is 8.43. The number of ketones is 1. The quantitative estimate of drug-likeness (QED) is 0.678. The number of carboxylic acid groups (broad SMARTS) is 1. The molecule has 2 fully saturated rings. The number of hydrogen-bond acceptors (Lipinski definition) is 5. The normalized spacial score (nSPS) is 27.5. The van der Waals surface area contributed by atoms with Gasteiger partial charge in [-0.25, -0.2) is 0 Å². The van der Waals surface area contributed by atoms with E-state index >= 15 is 0 Å². The van der Waals surface area contributed by atoms with E-state index in [1.165, 1.54) is 0 Å². The number of carbonyl (C=O) groups is 2. The predicted octanol–water partition coefficient (Wildman–Crippen LogP) is 4.46. The Morgan fingerprint density at radius 3 is 2.55 bits per heavy atom. The Kier molecular flexibility index (Phi) is 6.96. The van der Waals surface area contributed by atoms with Crippen LogP contribution in [0.15, 0.2) is 24.3 Å². The average molecular weight is 402 g/mol. The topological polar surface area (TPSA) is 82.1 Å². The van der Waals surface area contributed by atoms with Crippen molar-refractivity contribution in [1.82, 2.24) is 0 Å². The minimum Gasteiger partial charge on any atom is -0.493 e. The Balaban J connectivity index is 1.60. The molecule has 1 heterocycles. The van der Waals surface area contributed by atoms with E-state index in [1.54, 1.807) is 26.2 Å². The van der Waals surface area contributed by atoms with Crippen LogP contribution in [0.5, 0.6) is 11.5 Å². The highest BCUT2D eigenvalue weighted by Gasteiger charge is 2.38. The molecule has 1 saturated carbocycles. The third-order valence-corrected chi connectivity index (χ3v) is 6.03. The number of carboxylic acids is 1. The highest BCUT2D eigenvalue weighted by Crippen LogP contribution is 2.39. The lowest BCUT2D eigenvalue weighted by Crippen LogP contribution is -2.34. The summed E-state index contributed by atoms with van der Waals surface area (Å²) >= 11 is 0. The first-order chi connectivity index (χ1) is 13.9. The van der Waals surface area contributed by atoms with Crippen LogP contribution in [-0.4, -0.2) is 36.9 Å². The molecule has 1 saturated heterocycles. The number of benzene rings is 1. The summed E-state index contributed by atoms with van der Waals surface area (Å²) in [4.78, 5) is 23.9. The summed E-state index contributed by atoms with van der Waals surface area (Å²) in [6.45, 7) is 2.48. The van der Waals surface area contributed by atoms with Crippen LogP contribution in [0.2, 0.25) is 0 Å². The number of carbonyl (C=O) groups excluding carboxylic acids is 1. The number of ether oxygens (including phenoxy) is 3. The van der Waals surface area contributed by atoms with Crippen LogP contribution in [-0.2, 0) is 14.3 Å². The van der Waals surface area contributed by atoms with Crippen molar-refractivity contribution in [2.24, 2.45) is 11.3 Å². The maximum Gasteiger partial charge on any atom is 0.309 e. The van der Waals surface area contributed by atoms with Crippen molar-refractivity contribution < 1.29 is 28.9 Å². The second-order valence-electron chi connectivity index (χ2n) is 8.20. The minimum absolute atomic E-state index is 0.0485. The van der Waals surface area contributed by atoms with Gasteiger partial charge in [0.15, 0.2) is 23.6 Å². The molecule has 3 rings (SSSR count). The SMILES string of the molecule is COc1cc(C=CC(=O)C2CCC(C)(C(=O)O)CC2)ccc1OC1CCCCO1. The Labute approximate surface area is 171 Å². The maximum atomic E-state index is 12.5. The maximum absolute atomic E-state index is 12.5. The number of allylic oxidation sites excluding steroid dienone is 1. The zero-order valence-corrected chi connectivity index (χ0v) is 17.2. The molecular formula is C23H30O6. The standard InChI is InChI=1S/C23H30O6/c1-23(22(25)26)12-10-17(11-13-23)18(24)8-6-16-7-9-19(20(15-16)27-2)29-21-5-3-4-14-28-21/h6-9,15,17,21H,3-5,10-14H2,1-2H3,(H,25,26). The van der Waals surface area contributed by atoms with Gasteiger partial charge >= 0.3 is 5.97 Å². The predicted molar refractivity (Wildman–Crippen MR) is 109 cm³/mol. The molecule has 1 aliphatic carbocycles. The first-order valence-electron chi connectivity index (χ1n) is 10.3. The van der Waals surface area contributed by atoms with E-state index in [9.17, 15) is 14.7 Å². The van der Waals surface area contributed by atoms with E-state index in [0.29, 0.717) is 43.8 Å². The van der Waals surface area contributed by atoms with Crippen LogP contribution < -0.4 is 9.47 Å². The van der Waals surface area contributed by atoms with E-state index in [0.717, 1.165) is 24.8 Å². The number of rotatable bonds is 7. The zero-order chi connectivity index (χ0) is 20.9. The van der Waals surface area contributed by atoms with Gasteiger partial charge in [-0.05, 0) is 69.2 Å². The van der Waals surface area contributed by atoms with E-state index in [2.05, 4.69) is 0 Å². The molecule has 158 valence electrons. The van der Waals surface area contributed by atoms with Crippen LogP contribution in [0, 0.1) is 11.3 Å². The van der Waals surface area contributed by atoms with Crippen molar-refractivity contribution >= 4 is 17.8 Å². The second-order valence-corrected chi connectivity index (χ2v) is 8.20. The molecule has 1 N–H and O–H groups in total. The van der Waals surface area contributed by atoms with Gasteiger partial charge in [-0.1, -0.05) is 12.1 Å². The van der Waals surface area contributed by atoms with E-state index < -0.39 is 11.4 Å². The van der Waals surface area contributed by atoms with Crippen LogP contribution in [0.25, 0.3) is 6.08 Å². The lowest BCUT2D eigenvalue weighted by molar-refractivity contribution is -0.151. The van der Waals surface area contributed by atoms with Crippen molar-refractivity contribution in [2.75, 3.05) is 13.7 Å². The summed E-state index contributed by atoms with van der Waals surface area (Å²) in [6, 6.07) is 5.55. The van der Waals surface area contributed by atoms with Gasteiger partial charge in [0.2, 0.25) is 0 Å². The summed E-state index contributed by atoms with van der Waals surface area (Å²) in [7, 11) is 1.59. The van der Waals surface area contributed by atoms with Crippen LogP contribution in [0.3, 0.4) is 0 Å². The first-order valence-corrected chi connectivity index (χ1v) is 10.3. The molecule has 0 amide bonds. The zero-order valence-electron chi connectivity index (χ0n) is 17.2. The molecule has 0 spiro atoms. The Bertz CT molecular complexity index is 755. The van der Waals surface area contributed by atoms with Gasteiger partial charge in [0, 0.05) is 12.3 Å². The number of hydrogen-bond donors (Lipinski definition) is 1. The fourth-order valence-electron chi connectivity index (χ4n) is 3.90. The van der Waals surface area contributed by atoms with Gasteiger partial charge in [-0.2, -0.15) is 0 Å². The van der Waals surface area contributed by atoms with Gasteiger partial charge in [0.25, 0.3) is 0 Å². The molecule has 1 aromatic carbocycles.